The largest absolute Gasteiger partial charge is 0.385 e. The Morgan fingerprint density at radius 1 is 0.905 bits per heavy atom. The van der Waals surface area contributed by atoms with Gasteiger partial charge in [0.25, 0.3) is 0 Å². The summed E-state index contributed by atoms with van der Waals surface area (Å²) in [4.78, 5) is 23.3. The summed E-state index contributed by atoms with van der Waals surface area (Å²) in [5, 5.41) is 0.599. The van der Waals surface area contributed by atoms with Crippen LogP contribution < -0.4 is 11.2 Å². The number of nitrogens with zero attached hydrogens (tertiary/aromatic N) is 1. The second-order valence-electron chi connectivity index (χ2n) is 4.89. The highest BCUT2D eigenvalue weighted by molar-refractivity contribution is 5.89. The molecule has 4 N–H and O–H groups in total. The van der Waals surface area contributed by atoms with Gasteiger partial charge in [0.15, 0.2) is 0 Å². The molecule has 2 aromatic carbocycles. The average molecular weight is 276 g/mol. The van der Waals surface area contributed by atoms with Gasteiger partial charge in [-0.15, -0.1) is 0 Å². The van der Waals surface area contributed by atoms with Gasteiger partial charge in [0.2, 0.25) is 5.43 Å². The Morgan fingerprint density at radius 2 is 1.62 bits per heavy atom. The van der Waals surface area contributed by atoms with Crippen molar-refractivity contribution in [3.63, 3.8) is 0 Å². The Kier molecular flexibility index (Phi) is 2.35. The first-order chi connectivity index (χ1) is 10.2. The predicted molar refractivity (Wildman–Crippen MR) is 84.1 cm³/mol. The first kappa shape index (κ1) is 11.7. The van der Waals surface area contributed by atoms with Gasteiger partial charge in [0, 0.05) is 5.39 Å². The maximum absolute atomic E-state index is 12.7. The standard InChI is InChI=1S/C16H12N4O/c17-15-13(14(21)9-5-1-2-6-10(9)18-15)16-19-11-7-3-4-8-12(11)20-16/h1-8H,(H,19,20)(H3,17,18,21). The number of anilines is 1. The van der Waals surface area contributed by atoms with Gasteiger partial charge in [-0.25, -0.2) is 4.98 Å². The number of aromatic nitrogens is 3. The topological polar surface area (TPSA) is 87.6 Å². The van der Waals surface area contributed by atoms with Crippen LogP contribution in [0.25, 0.3) is 33.3 Å². The third-order valence-corrected chi connectivity index (χ3v) is 3.56. The zero-order valence-corrected chi connectivity index (χ0v) is 11.1. The molecule has 0 aliphatic rings. The van der Waals surface area contributed by atoms with E-state index in [1.165, 1.54) is 0 Å². The predicted octanol–water partition coefficient (Wildman–Crippen LogP) is 2.65. The van der Waals surface area contributed by atoms with Crippen molar-refractivity contribution in [2.45, 2.75) is 0 Å². The van der Waals surface area contributed by atoms with E-state index in [0.29, 0.717) is 22.6 Å². The number of aromatic amines is 2. The van der Waals surface area contributed by atoms with E-state index in [1.807, 2.05) is 42.5 Å². The molecular formula is C16H12N4O. The quantitative estimate of drug-likeness (QED) is 0.499. The highest BCUT2D eigenvalue weighted by Crippen LogP contribution is 2.23. The lowest BCUT2D eigenvalue weighted by Gasteiger charge is -2.05. The number of fused-ring (bicyclic) bond motifs is 2. The first-order valence-electron chi connectivity index (χ1n) is 6.59. The van der Waals surface area contributed by atoms with Gasteiger partial charge in [-0.2, -0.15) is 0 Å². The molecule has 0 aliphatic carbocycles. The van der Waals surface area contributed by atoms with Crippen molar-refractivity contribution in [2.24, 2.45) is 0 Å². The molecule has 0 radical (unpaired) electrons. The Labute approximate surface area is 119 Å². The maximum atomic E-state index is 12.7. The molecule has 0 amide bonds. The molecule has 0 saturated heterocycles. The van der Waals surface area contributed by atoms with Crippen LogP contribution in [0.2, 0.25) is 0 Å². The number of benzene rings is 2. The van der Waals surface area contributed by atoms with Crippen LogP contribution >= 0.6 is 0 Å². The summed E-state index contributed by atoms with van der Waals surface area (Å²) >= 11 is 0. The van der Waals surface area contributed by atoms with Crippen LogP contribution in [0, 0.1) is 0 Å². The van der Waals surface area contributed by atoms with Crippen LogP contribution in [0.1, 0.15) is 0 Å². The van der Waals surface area contributed by atoms with E-state index in [1.54, 1.807) is 6.07 Å². The summed E-state index contributed by atoms with van der Waals surface area (Å²) in [6.07, 6.45) is 0. The van der Waals surface area contributed by atoms with Gasteiger partial charge >= 0.3 is 0 Å². The molecule has 4 aromatic rings. The molecule has 0 aliphatic heterocycles. The average Bonchev–Trinajstić information content (AvgIpc) is 2.90. The zero-order valence-electron chi connectivity index (χ0n) is 11.1. The molecule has 0 bridgehead atoms. The minimum Gasteiger partial charge on any atom is -0.385 e. The van der Waals surface area contributed by atoms with E-state index >= 15 is 0 Å². The number of pyridine rings is 1. The summed E-state index contributed by atoms with van der Waals surface area (Å²) in [5.41, 5.74) is 8.68. The Hall–Kier alpha value is -3.08. The monoisotopic (exact) mass is 276 g/mol. The second kappa shape index (κ2) is 4.21. The zero-order chi connectivity index (χ0) is 14.4. The van der Waals surface area contributed by atoms with Crippen LogP contribution in [0.4, 0.5) is 5.82 Å². The number of para-hydroxylation sites is 3. The van der Waals surface area contributed by atoms with Crippen molar-refractivity contribution in [3.8, 4) is 11.4 Å². The van der Waals surface area contributed by atoms with E-state index in [4.69, 9.17) is 5.73 Å². The van der Waals surface area contributed by atoms with Gasteiger partial charge in [-0.1, -0.05) is 24.3 Å². The van der Waals surface area contributed by atoms with Gasteiger partial charge in [0.1, 0.15) is 17.2 Å². The number of rotatable bonds is 1. The van der Waals surface area contributed by atoms with E-state index < -0.39 is 0 Å². The lowest BCUT2D eigenvalue weighted by Crippen LogP contribution is -2.11. The molecule has 5 heteroatoms. The summed E-state index contributed by atoms with van der Waals surface area (Å²) in [5.74, 6) is 0.804. The first-order valence-corrected chi connectivity index (χ1v) is 6.59. The smallest absolute Gasteiger partial charge is 0.202 e. The Bertz CT molecular complexity index is 996. The molecule has 21 heavy (non-hydrogen) atoms. The number of hydrogen-bond acceptors (Lipinski definition) is 3. The van der Waals surface area contributed by atoms with Crippen molar-refractivity contribution >= 4 is 27.8 Å². The molecule has 0 spiro atoms. The van der Waals surface area contributed by atoms with E-state index in [2.05, 4.69) is 15.0 Å². The summed E-state index contributed by atoms with van der Waals surface area (Å²) < 4.78 is 0. The third kappa shape index (κ3) is 1.71. The van der Waals surface area contributed by atoms with E-state index in [0.717, 1.165) is 16.6 Å². The van der Waals surface area contributed by atoms with Crippen LogP contribution in [0.3, 0.4) is 0 Å². The molecule has 0 atom stereocenters. The number of hydrogen-bond donors (Lipinski definition) is 3. The third-order valence-electron chi connectivity index (χ3n) is 3.56. The fourth-order valence-corrected chi connectivity index (χ4v) is 2.56. The molecule has 2 aromatic heterocycles. The molecule has 0 unspecified atom stereocenters. The molecular weight excluding hydrogens is 264 g/mol. The maximum Gasteiger partial charge on any atom is 0.202 e. The van der Waals surface area contributed by atoms with Crippen molar-refractivity contribution < 1.29 is 0 Å². The SMILES string of the molecule is Nc1[nH]c2ccccc2c(=O)c1-c1nc2ccccc2[nH]1. The summed E-state index contributed by atoms with van der Waals surface area (Å²) in [7, 11) is 0. The molecule has 0 saturated carbocycles. The van der Waals surface area contributed by atoms with Crippen molar-refractivity contribution in [1.82, 2.24) is 15.0 Å². The molecule has 2 heterocycles. The van der Waals surface area contributed by atoms with Crippen LogP contribution in [-0.4, -0.2) is 15.0 Å². The number of nitrogens with two attached hydrogens (primary N) is 1. The number of H-pyrrole nitrogens is 2. The molecule has 4 rings (SSSR count). The van der Waals surface area contributed by atoms with Gasteiger partial charge in [0.05, 0.1) is 16.6 Å². The van der Waals surface area contributed by atoms with Crippen LogP contribution in [0.5, 0.6) is 0 Å². The van der Waals surface area contributed by atoms with Gasteiger partial charge in [-0.3, -0.25) is 4.79 Å². The summed E-state index contributed by atoms with van der Waals surface area (Å²) in [6.45, 7) is 0. The molecule has 5 nitrogen and oxygen atoms in total. The number of imidazole rings is 1. The van der Waals surface area contributed by atoms with Crippen molar-refractivity contribution in [2.75, 3.05) is 5.73 Å². The molecule has 102 valence electrons. The van der Waals surface area contributed by atoms with Crippen molar-refractivity contribution in [1.29, 1.82) is 0 Å². The van der Waals surface area contributed by atoms with E-state index in [9.17, 15) is 4.79 Å². The highest BCUT2D eigenvalue weighted by Gasteiger charge is 2.15. The fraction of sp³-hybridized carbons (Fsp3) is 0. The lowest BCUT2D eigenvalue weighted by atomic mass is 10.1. The van der Waals surface area contributed by atoms with Gasteiger partial charge < -0.3 is 15.7 Å². The number of nitrogens with one attached hydrogen (secondary N) is 2. The highest BCUT2D eigenvalue weighted by atomic mass is 16.1. The molecule has 0 fully saturated rings. The van der Waals surface area contributed by atoms with Gasteiger partial charge in [-0.05, 0) is 24.3 Å². The Balaban J connectivity index is 2.08. The number of nitrogen functional groups attached to an aromatic ring is 1. The minimum absolute atomic E-state index is 0.124. The van der Waals surface area contributed by atoms with E-state index in [-0.39, 0.29) is 5.43 Å². The fourth-order valence-electron chi connectivity index (χ4n) is 2.56. The lowest BCUT2D eigenvalue weighted by molar-refractivity contribution is 1.30. The van der Waals surface area contributed by atoms with Crippen LogP contribution in [0.15, 0.2) is 53.3 Å². The van der Waals surface area contributed by atoms with Crippen LogP contribution in [-0.2, 0) is 0 Å². The minimum atomic E-state index is -0.124. The van der Waals surface area contributed by atoms with Crippen molar-refractivity contribution in [3.05, 3.63) is 58.8 Å². The Morgan fingerprint density at radius 3 is 2.43 bits per heavy atom. The summed E-state index contributed by atoms with van der Waals surface area (Å²) in [6, 6.07) is 14.9. The normalized spacial score (nSPS) is 11.2. The second-order valence-corrected chi connectivity index (χ2v) is 4.89.